The predicted octanol–water partition coefficient (Wildman–Crippen LogP) is 4.12. The largest absolute Gasteiger partial charge is 0.352 e. The zero-order valence-corrected chi connectivity index (χ0v) is 21.5. The van der Waals surface area contributed by atoms with Crippen LogP contribution in [0.4, 0.5) is 5.69 Å². The number of thioether (sulfide) groups is 1. The van der Waals surface area contributed by atoms with E-state index >= 15 is 0 Å². The van der Waals surface area contributed by atoms with E-state index in [1.54, 1.807) is 0 Å². The maximum atomic E-state index is 12.9. The van der Waals surface area contributed by atoms with Crippen LogP contribution in [0.1, 0.15) is 75.6 Å². The molecule has 2 N–H and O–H groups in total. The number of carbonyl (C=O) groups excluding carboxylic acids is 2. The summed E-state index contributed by atoms with van der Waals surface area (Å²) < 4.78 is 1.90. The first kappa shape index (κ1) is 26.7. The maximum absolute atomic E-state index is 12.9. The minimum atomic E-state index is -0.529. The van der Waals surface area contributed by atoms with E-state index in [1.165, 1.54) is 42.4 Å². The average Bonchev–Trinajstić information content (AvgIpc) is 3.24. The van der Waals surface area contributed by atoms with Gasteiger partial charge in [-0.25, -0.2) is 0 Å². The third-order valence-electron chi connectivity index (χ3n) is 6.40. The number of carbonyl (C=O) groups is 2. The number of hydrogen-bond donors (Lipinski definition) is 2. The second kappa shape index (κ2) is 12.1. The van der Waals surface area contributed by atoms with Gasteiger partial charge in [0.25, 0.3) is 11.6 Å². The Morgan fingerprint density at radius 3 is 2.66 bits per heavy atom. The predicted molar refractivity (Wildman–Crippen MR) is 134 cm³/mol. The van der Waals surface area contributed by atoms with Gasteiger partial charge in [-0.3, -0.25) is 19.7 Å². The number of non-ortho nitro benzene ring substituents is 1. The van der Waals surface area contributed by atoms with Gasteiger partial charge in [0.2, 0.25) is 5.91 Å². The molecule has 0 spiro atoms. The summed E-state index contributed by atoms with van der Waals surface area (Å²) in [5.74, 6) is 0.873. The second-order valence-electron chi connectivity index (χ2n) is 9.31. The van der Waals surface area contributed by atoms with E-state index in [1.807, 2.05) is 25.3 Å². The fourth-order valence-electron chi connectivity index (χ4n) is 4.36. The minimum absolute atomic E-state index is 0.0129. The van der Waals surface area contributed by atoms with Gasteiger partial charge in [-0.15, -0.1) is 10.2 Å². The molecule has 2 aromatic rings. The molecule has 1 aromatic carbocycles. The number of aromatic nitrogens is 3. The summed E-state index contributed by atoms with van der Waals surface area (Å²) in [5, 5.41) is 26.4. The van der Waals surface area contributed by atoms with Crippen LogP contribution in [0.3, 0.4) is 0 Å². The molecule has 0 saturated heterocycles. The Morgan fingerprint density at radius 2 is 2.00 bits per heavy atom. The number of benzene rings is 1. The minimum Gasteiger partial charge on any atom is -0.352 e. The van der Waals surface area contributed by atoms with Crippen LogP contribution in [0.15, 0.2) is 29.4 Å². The number of nitro groups is 1. The molecule has 0 aliphatic heterocycles. The third-order valence-corrected chi connectivity index (χ3v) is 7.37. The fraction of sp³-hybridized carbons (Fsp3) is 0.583. The number of nitrogens with zero attached hydrogens (tertiary/aromatic N) is 4. The van der Waals surface area contributed by atoms with E-state index < -0.39 is 16.9 Å². The molecule has 11 heteroatoms. The second-order valence-corrected chi connectivity index (χ2v) is 10.3. The Labute approximate surface area is 209 Å². The van der Waals surface area contributed by atoms with Gasteiger partial charge in [0.15, 0.2) is 11.0 Å². The van der Waals surface area contributed by atoms with E-state index in [-0.39, 0.29) is 34.9 Å². The number of nitro benzene ring substituents is 1. The standard InChI is InChI=1S/C24H34N6O4S/c1-5-29-22(21(15(2)3)26-23(32)17-10-8-11-18(13-17)30(33)34)27-28-24(29)35-14-20(31)25-19-12-7-6-9-16(19)4/h8,10-11,13,15-16,19,21H,5-7,9,12,14H2,1-4H3,(H,25,31)(H,26,32)/t16-,19+,21-/m0/s1. The van der Waals surface area contributed by atoms with E-state index in [2.05, 4.69) is 27.8 Å². The summed E-state index contributed by atoms with van der Waals surface area (Å²) >= 11 is 1.33. The lowest BCUT2D eigenvalue weighted by Gasteiger charge is -2.29. The number of rotatable bonds is 10. The summed E-state index contributed by atoms with van der Waals surface area (Å²) in [6.45, 7) is 8.63. The van der Waals surface area contributed by atoms with Crippen LogP contribution in [0.2, 0.25) is 0 Å². The van der Waals surface area contributed by atoms with Gasteiger partial charge in [0.05, 0.1) is 16.7 Å². The fourth-order valence-corrected chi connectivity index (χ4v) is 5.18. The molecule has 1 fully saturated rings. The van der Waals surface area contributed by atoms with Crippen molar-refractivity contribution in [3.05, 3.63) is 45.8 Å². The Morgan fingerprint density at radius 1 is 1.26 bits per heavy atom. The molecular formula is C24H34N6O4S. The van der Waals surface area contributed by atoms with Crippen LogP contribution in [-0.4, -0.2) is 43.3 Å². The van der Waals surface area contributed by atoms with E-state index in [4.69, 9.17) is 0 Å². The monoisotopic (exact) mass is 502 g/mol. The highest BCUT2D eigenvalue weighted by atomic mass is 32.2. The maximum Gasteiger partial charge on any atom is 0.270 e. The van der Waals surface area contributed by atoms with Crippen molar-refractivity contribution >= 4 is 29.3 Å². The molecule has 10 nitrogen and oxygen atoms in total. The lowest BCUT2D eigenvalue weighted by molar-refractivity contribution is -0.384. The lowest BCUT2D eigenvalue weighted by atomic mass is 9.86. The first-order chi connectivity index (χ1) is 16.7. The summed E-state index contributed by atoms with van der Waals surface area (Å²) in [4.78, 5) is 36.0. The number of hydrogen-bond acceptors (Lipinski definition) is 7. The van der Waals surface area contributed by atoms with Crippen LogP contribution < -0.4 is 10.6 Å². The van der Waals surface area contributed by atoms with Crippen molar-refractivity contribution < 1.29 is 14.5 Å². The summed E-state index contributed by atoms with van der Waals surface area (Å²) in [6, 6.07) is 5.40. The van der Waals surface area contributed by atoms with Crippen LogP contribution in [0.5, 0.6) is 0 Å². The van der Waals surface area contributed by atoms with Gasteiger partial charge < -0.3 is 15.2 Å². The Kier molecular flexibility index (Phi) is 9.25. The van der Waals surface area contributed by atoms with Crippen molar-refractivity contribution in [2.45, 2.75) is 77.2 Å². The van der Waals surface area contributed by atoms with Crippen molar-refractivity contribution in [1.29, 1.82) is 0 Å². The van der Waals surface area contributed by atoms with Gasteiger partial charge >= 0.3 is 0 Å². The zero-order valence-electron chi connectivity index (χ0n) is 20.7. The van der Waals surface area contributed by atoms with Gasteiger partial charge in [-0.2, -0.15) is 0 Å². The quantitative estimate of drug-likeness (QED) is 0.284. The number of amides is 2. The topological polar surface area (TPSA) is 132 Å². The first-order valence-electron chi connectivity index (χ1n) is 12.1. The summed E-state index contributed by atoms with van der Waals surface area (Å²) in [5.41, 5.74) is 0.0608. The van der Waals surface area contributed by atoms with E-state index in [0.717, 1.165) is 19.3 Å². The normalized spacial score (nSPS) is 18.8. The van der Waals surface area contributed by atoms with Crippen molar-refractivity contribution in [2.75, 3.05) is 5.75 Å². The highest BCUT2D eigenvalue weighted by molar-refractivity contribution is 7.99. The van der Waals surface area contributed by atoms with Crippen LogP contribution >= 0.6 is 11.8 Å². The molecule has 1 aromatic heterocycles. The molecule has 0 radical (unpaired) electrons. The zero-order chi connectivity index (χ0) is 25.5. The van der Waals surface area contributed by atoms with Crippen LogP contribution in [0, 0.1) is 22.0 Å². The Bertz CT molecular complexity index is 1060. The molecule has 1 saturated carbocycles. The first-order valence-corrected chi connectivity index (χ1v) is 13.1. The molecule has 1 aliphatic carbocycles. The van der Waals surface area contributed by atoms with Crippen LogP contribution in [-0.2, 0) is 11.3 Å². The molecule has 2 amide bonds. The summed E-state index contributed by atoms with van der Waals surface area (Å²) in [7, 11) is 0. The van der Waals surface area contributed by atoms with E-state index in [9.17, 15) is 19.7 Å². The van der Waals surface area contributed by atoms with Crippen molar-refractivity contribution in [3.8, 4) is 0 Å². The SMILES string of the molecule is CCn1c(SCC(=O)N[C@@H]2CCCC[C@@H]2C)nnc1[C@@H](NC(=O)c1cccc([N+](=O)[O-])c1)C(C)C. The average molecular weight is 503 g/mol. The molecule has 3 rings (SSSR count). The molecule has 190 valence electrons. The van der Waals surface area contributed by atoms with E-state index in [0.29, 0.717) is 23.4 Å². The lowest BCUT2D eigenvalue weighted by Crippen LogP contribution is -2.41. The molecule has 35 heavy (non-hydrogen) atoms. The number of nitrogens with one attached hydrogen (secondary N) is 2. The smallest absolute Gasteiger partial charge is 0.270 e. The highest BCUT2D eigenvalue weighted by Crippen LogP contribution is 2.27. The van der Waals surface area contributed by atoms with Crippen molar-refractivity contribution in [3.63, 3.8) is 0 Å². The molecule has 0 unspecified atom stereocenters. The molecule has 3 atom stereocenters. The third kappa shape index (κ3) is 6.81. The summed E-state index contributed by atoms with van der Waals surface area (Å²) in [6.07, 6.45) is 4.53. The van der Waals surface area contributed by atoms with Gasteiger partial charge in [0.1, 0.15) is 0 Å². The highest BCUT2D eigenvalue weighted by Gasteiger charge is 2.27. The van der Waals surface area contributed by atoms with Gasteiger partial charge in [-0.05, 0) is 37.7 Å². The Hall–Kier alpha value is -2.95. The Balaban J connectivity index is 1.70. The molecule has 1 aliphatic rings. The molecule has 0 bridgehead atoms. The van der Waals surface area contributed by atoms with Gasteiger partial charge in [-0.1, -0.05) is 51.4 Å². The molecular weight excluding hydrogens is 468 g/mol. The van der Waals surface area contributed by atoms with Crippen molar-refractivity contribution in [2.24, 2.45) is 11.8 Å². The van der Waals surface area contributed by atoms with Gasteiger partial charge in [0, 0.05) is 30.3 Å². The molecule has 1 heterocycles. The van der Waals surface area contributed by atoms with Crippen molar-refractivity contribution in [1.82, 2.24) is 25.4 Å². The van der Waals surface area contributed by atoms with Crippen LogP contribution in [0.25, 0.3) is 0 Å².